The lowest BCUT2D eigenvalue weighted by Crippen LogP contribution is -2.35. The first kappa shape index (κ1) is 21.3. The van der Waals surface area contributed by atoms with Crippen LogP contribution in [0.5, 0.6) is 5.75 Å². The molecule has 0 radical (unpaired) electrons. The molecule has 1 fully saturated rings. The summed E-state index contributed by atoms with van der Waals surface area (Å²) in [7, 11) is 0. The number of ether oxygens (including phenoxy) is 1. The third-order valence-corrected chi connectivity index (χ3v) is 6.14. The lowest BCUT2D eigenvalue weighted by atomic mass is 9.88. The number of pyridine rings is 1. The van der Waals surface area contributed by atoms with E-state index in [1.165, 1.54) is 0 Å². The first-order chi connectivity index (χ1) is 15.0. The van der Waals surface area contributed by atoms with E-state index in [1.807, 2.05) is 18.2 Å². The predicted molar refractivity (Wildman–Crippen MR) is 116 cm³/mol. The van der Waals surface area contributed by atoms with Crippen molar-refractivity contribution in [3.05, 3.63) is 35.9 Å². The fraction of sp³-hybridized carbons (Fsp3) is 0.565. The van der Waals surface area contributed by atoms with Gasteiger partial charge in [-0.2, -0.15) is 4.98 Å². The van der Waals surface area contributed by atoms with E-state index in [9.17, 15) is 4.79 Å². The maximum absolute atomic E-state index is 11.1. The van der Waals surface area contributed by atoms with E-state index >= 15 is 0 Å². The van der Waals surface area contributed by atoms with Crippen molar-refractivity contribution in [2.45, 2.75) is 51.9 Å². The molecule has 1 aliphatic heterocycles. The summed E-state index contributed by atoms with van der Waals surface area (Å²) >= 11 is 0. The minimum Gasteiger partial charge on any atom is -0.492 e. The van der Waals surface area contributed by atoms with Gasteiger partial charge in [0.05, 0.1) is 24.4 Å². The van der Waals surface area contributed by atoms with Crippen LogP contribution in [0.1, 0.15) is 63.4 Å². The molecule has 2 aromatic rings. The van der Waals surface area contributed by atoms with Crippen molar-refractivity contribution in [2.24, 2.45) is 11.8 Å². The number of aromatic nitrogens is 3. The monoisotopic (exact) mass is 426 g/mol. The van der Waals surface area contributed by atoms with Crippen LogP contribution in [0, 0.1) is 11.8 Å². The first-order valence-electron chi connectivity index (χ1n) is 11.1. The molecule has 0 saturated carbocycles. The predicted octanol–water partition coefficient (Wildman–Crippen LogP) is 4.15. The Morgan fingerprint density at radius 1 is 1.29 bits per heavy atom. The number of carboxylic acids is 1. The molecule has 1 atom stereocenters. The lowest BCUT2D eigenvalue weighted by molar-refractivity contribution is -0.141. The zero-order valence-electron chi connectivity index (χ0n) is 18.2. The van der Waals surface area contributed by atoms with Gasteiger partial charge in [0, 0.05) is 19.0 Å². The number of anilines is 1. The van der Waals surface area contributed by atoms with Crippen LogP contribution in [0.2, 0.25) is 0 Å². The molecule has 1 unspecified atom stereocenters. The van der Waals surface area contributed by atoms with Crippen LogP contribution in [-0.4, -0.2) is 45.9 Å². The Morgan fingerprint density at radius 3 is 2.68 bits per heavy atom. The Morgan fingerprint density at radius 2 is 2.10 bits per heavy atom. The average molecular weight is 427 g/mol. The highest BCUT2D eigenvalue weighted by molar-refractivity contribution is 5.73. The Kier molecular flexibility index (Phi) is 6.53. The van der Waals surface area contributed by atoms with Gasteiger partial charge in [0.1, 0.15) is 5.75 Å². The molecule has 8 heteroatoms. The summed E-state index contributed by atoms with van der Waals surface area (Å²) in [5.74, 6) is 1.29. The van der Waals surface area contributed by atoms with Gasteiger partial charge in [0.2, 0.25) is 0 Å². The second-order valence-corrected chi connectivity index (χ2v) is 8.75. The first-order valence-corrected chi connectivity index (χ1v) is 11.1. The fourth-order valence-electron chi connectivity index (χ4n) is 4.04. The van der Waals surface area contributed by atoms with Crippen LogP contribution in [0.15, 0.2) is 28.9 Å². The number of nitrogens with zero attached hydrogens (tertiary/aromatic N) is 4. The molecule has 0 aromatic carbocycles. The van der Waals surface area contributed by atoms with E-state index in [2.05, 4.69) is 33.9 Å². The second-order valence-electron chi connectivity index (χ2n) is 8.75. The normalized spacial score (nSPS) is 20.0. The van der Waals surface area contributed by atoms with Crippen molar-refractivity contribution >= 4 is 17.6 Å². The van der Waals surface area contributed by atoms with Crippen molar-refractivity contribution in [2.75, 3.05) is 24.6 Å². The summed E-state index contributed by atoms with van der Waals surface area (Å²) in [6, 6.07) is 4.54. The summed E-state index contributed by atoms with van der Waals surface area (Å²) < 4.78 is 11.4. The van der Waals surface area contributed by atoms with Gasteiger partial charge in [-0.15, -0.1) is 0 Å². The van der Waals surface area contributed by atoms with Gasteiger partial charge in [0.25, 0.3) is 0 Å². The molecule has 1 saturated heterocycles. The molecule has 0 amide bonds. The standard InChI is InChI=1S/C23H30N4O4/c1-15(2)21-25-23(31-26-21)27-11-9-16(10-12-27)14-30-19-7-8-20(24-13-19)17-3-5-18(6-4-17)22(28)29/h3,7-8,13,15-16,18H,4-6,9-12,14H2,1-2H3,(H,28,29). The van der Waals surface area contributed by atoms with E-state index in [1.54, 1.807) is 6.20 Å². The number of carboxylic acid groups (broad SMARTS) is 1. The van der Waals surface area contributed by atoms with Gasteiger partial charge in [0.15, 0.2) is 5.82 Å². The van der Waals surface area contributed by atoms with Crippen molar-refractivity contribution in [1.29, 1.82) is 0 Å². The number of aliphatic carboxylic acids is 1. The number of piperidine rings is 1. The Hall–Kier alpha value is -2.90. The molecule has 2 aliphatic rings. The second kappa shape index (κ2) is 9.49. The molecule has 0 spiro atoms. The van der Waals surface area contributed by atoms with Gasteiger partial charge < -0.3 is 19.3 Å². The van der Waals surface area contributed by atoms with E-state index in [-0.39, 0.29) is 11.8 Å². The van der Waals surface area contributed by atoms with E-state index < -0.39 is 5.97 Å². The van der Waals surface area contributed by atoms with E-state index in [4.69, 9.17) is 14.4 Å². The van der Waals surface area contributed by atoms with Crippen LogP contribution in [0.3, 0.4) is 0 Å². The van der Waals surface area contributed by atoms with Crippen LogP contribution in [-0.2, 0) is 4.79 Å². The molecule has 166 valence electrons. The highest BCUT2D eigenvalue weighted by Crippen LogP contribution is 2.30. The molecule has 8 nitrogen and oxygen atoms in total. The molecule has 4 rings (SSSR count). The highest BCUT2D eigenvalue weighted by Gasteiger charge is 2.24. The Balaban J connectivity index is 1.23. The van der Waals surface area contributed by atoms with Crippen molar-refractivity contribution in [3.63, 3.8) is 0 Å². The zero-order valence-corrected chi connectivity index (χ0v) is 18.2. The molecule has 3 heterocycles. The quantitative estimate of drug-likeness (QED) is 0.704. The summed E-state index contributed by atoms with van der Waals surface area (Å²) in [6.45, 7) is 6.55. The van der Waals surface area contributed by atoms with Gasteiger partial charge in [-0.05, 0) is 55.7 Å². The SMILES string of the molecule is CC(C)c1noc(N2CCC(COc3ccc(C4=CCC(C(=O)O)CC4)nc3)CC2)n1. The van der Waals surface area contributed by atoms with E-state index in [0.717, 1.165) is 55.2 Å². The van der Waals surface area contributed by atoms with Gasteiger partial charge in [-0.25, -0.2) is 0 Å². The molecule has 1 aliphatic carbocycles. The maximum atomic E-state index is 11.1. The Bertz CT molecular complexity index is 914. The smallest absolute Gasteiger partial charge is 0.324 e. The maximum Gasteiger partial charge on any atom is 0.324 e. The summed E-state index contributed by atoms with van der Waals surface area (Å²) in [6.07, 6.45) is 7.80. The third-order valence-electron chi connectivity index (χ3n) is 6.14. The van der Waals surface area contributed by atoms with Crippen molar-refractivity contribution < 1.29 is 19.2 Å². The van der Waals surface area contributed by atoms with E-state index in [0.29, 0.717) is 31.4 Å². The molecular weight excluding hydrogens is 396 g/mol. The summed E-state index contributed by atoms with van der Waals surface area (Å²) in [4.78, 5) is 22.3. The van der Waals surface area contributed by atoms with Gasteiger partial charge in [-0.3, -0.25) is 9.78 Å². The number of carbonyl (C=O) groups is 1. The van der Waals surface area contributed by atoms with Crippen LogP contribution >= 0.6 is 0 Å². The number of hydrogen-bond donors (Lipinski definition) is 1. The van der Waals surface area contributed by atoms with Crippen molar-refractivity contribution in [1.82, 2.24) is 15.1 Å². The summed E-state index contributed by atoms with van der Waals surface area (Å²) in [5, 5.41) is 13.2. The fourth-order valence-corrected chi connectivity index (χ4v) is 4.04. The largest absolute Gasteiger partial charge is 0.492 e. The number of hydrogen-bond acceptors (Lipinski definition) is 7. The number of rotatable bonds is 7. The van der Waals surface area contributed by atoms with Gasteiger partial charge in [-0.1, -0.05) is 25.1 Å². The van der Waals surface area contributed by atoms with Crippen LogP contribution in [0.25, 0.3) is 5.57 Å². The minimum absolute atomic E-state index is 0.263. The molecule has 2 aromatic heterocycles. The molecule has 1 N–H and O–H groups in total. The minimum atomic E-state index is -0.713. The highest BCUT2D eigenvalue weighted by atomic mass is 16.5. The zero-order chi connectivity index (χ0) is 21.8. The van der Waals surface area contributed by atoms with Crippen molar-refractivity contribution in [3.8, 4) is 5.75 Å². The topological polar surface area (TPSA) is 102 Å². The van der Waals surface area contributed by atoms with Crippen LogP contribution in [0.4, 0.5) is 6.01 Å². The Labute approximate surface area is 182 Å². The number of allylic oxidation sites excluding steroid dienone is 2. The van der Waals surface area contributed by atoms with Crippen LogP contribution < -0.4 is 9.64 Å². The average Bonchev–Trinajstić information content (AvgIpc) is 3.29. The third kappa shape index (κ3) is 5.24. The van der Waals surface area contributed by atoms with Gasteiger partial charge >= 0.3 is 12.0 Å². The molecule has 31 heavy (non-hydrogen) atoms. The molecule has 0 bridgehead atoms. The lowest BCUT2D eigenvalue weighted by Gasteiger charge is -2.30. The summed E-state index contributed by atoms with van der Waals surface area (Å²) in [5.41, 5.74) is 2.03. The molecular formula is C23H30N4O4.